The van der Waals surface area contributed by atoms with Gasteiger partial charge in [0.2, 0.25) is 0 Å². The zero-order chi connectivity index (χ0) is 15.4. The first-order valence-corrected chi connectivity index (χ1v) is 6.82. The van der Waals surface area contributed by atoms with E-state index in [1.165, 1.54) is 7.11 Å². The molecule has 4 nitrogen and oxygen atoms in total. The average Bonchev–Trinajstić information content (AvgIpc) is 2.47. The van der Waals surface area contributed by atoms with Gasteiger partial charge in [0.15, 0.2) is 0 Å². The molecule has 2 rings (SSSR count). The number of hydrogen-bond donors (Lipinski definition) is 2. The van der Waals surface area contributed by atoms with Crippen molar-refractivity contribution in [3.63, 3.8) is 0 Å². The molecule has 0 spiro atoms. The number of benzene rings is 2. The number of aliphatic hydroxyl groups excluding tert-OH is 1. The summed E-state index contributed by atoms with van der Waals surface area (Å²) in [7, 11) is 1.49. The Bertz CT molecular complexity index is 656. The number of aliphatic hydroxyl groups is 1. The van der Waals surface area contributed by atoms with Gasteiger partial charge in [0.25, 0.3) is 5.91 Å². The molecular formula is C16H16ClNO3. The molecule has 0 bridgehead atoms. The lowest BCUT2D eigenvalue weighted by atomic mass is 10.1. The summed E-state index contributed by atoms with van der Waals surface area (Å²) >= 11 is 5.93. The van der Waals surface area contributed by atoms with Crippen molar-refractivity contribution in [1.29, 1.82) is 0 Å². The quantitative estimate of drug-likeness (QED) is 0.906. The molecule has 0 aromatic heterocycles. The van der Waals surface area contributed by atoms with Crippen LogP contribution in [0.5, 0.6) is 5.75 Å². The Hall–Kier alpha value is -2.04. The molecule has 1 amide bonds. The van der Waals surface area contributed by atoms with Crippen LogP contribution in [0.2, 0.25) is 5.02 Å². The van der Waals surface area contributed by atoms with Gasteiger partial charge < -0.3 is 15.2 Å². The van der Waals surface area contributed by atoms with Crippen LogP contribution in [0.3, 0.4) is 0 Å². The van der Waals surface area contributed by atoms with Crippen molar-refractivity contribution in [2.45, 2.75) is 13.0 Å². The van der Waals surface area contributed by atoms with E-state index in [0.717, 1.165) is 0 Å². The van der Waals surface area contributed by atoms with Crippen molar-refractivity contribution in [3.05, 3.63) is 58.6 Å². The number of carbonyl (C=O) groups is 1. The van der Waals surface area contributed by atoms with Gasteiger partial charge in [-0.3, -0.25) is 4.79 Å². The Balaban J connectivity index is 2.33. The van der Waals surface area contributed by atoms with Crippen molar-refractivity contribution in [2.75, 3.05) is 12.4 Å². The lowest BCUT2D eigenvalue weighted by molar-refractivity contribution is 0.102. The van der Waals surface area contributed by atoms with Gasteiger partial charge >= 0.3 is 0 Å². The predicted molar refractivity (Wildman–Crippen MR) is 83.0 cm³/mol. The number of rotatable bonds is 4. The molecule has 110 valence electrons. The van der Waals surface area contributed by atoms with Crippen molar-refractivity contribution >= 4 is 23.2 Å². The van der Waals surface area contributed by atoms with Gasteiger partial charge in [-0.2, -0.15) is 0 Å². The van der Waals surface area contributed by atoms with Crippen LogP contribution in [0.25, 0.3) is 0 Å². The van der Waals surface area contributed by atoms with E-state index in [9.17, 15) is 9.90 Å². The highest BCUT2D eigenvalue weighted by atomic mass is 35.5. The molecule has 0 radical (unpaired) electrons. The normalized spacial score (nSPS) is 11.8. The maximum Gasteiger partial charge on any atom is 0.259 e. The lowest BCUT2D eigenvalue weighted by Crippen LogP contribution is -2.15. The predicted octanol–water partition coefficient (Wildman–Crippen LogP) is 3.65. The van der Waals surface area contributed by atoms with Gasteiger partial charge in [0.05, 0.1) is 18.8 Å². The fourth-order valence-corrected chi connectivity index (χ4v) is 2.19. The van der Waals surface area contributed by atoms with E-state index in [-0.39, 0.29) is 5.91 Å². The fourth-order valence-electron chi connectivity index (χ4n) is 2.02. The van der Waals surface area contributed by atoms with Crippen molar-refractivity contribution in [1.82, 2.24) is 0 Å². The molecule has 0 saturated heterocycles. The molecule has 0 aliphatic heterocycles. The van der Waals surface area contributed by atoms with Crippen molar-refractivity contribution in [2.24, 2.45) is 0 Å². The maximum absolute atomic E-state index is 12.4. The molecule has 0 heterocycles. The average molecular weight is 306 g/mol. The third kappa shape index (κ3) is 3.54. The van der Waals surface area contributed by atoms with E-state index in [4.69, 9.17) is 16.3 Å². The maximum atomic E-state index is 12.4. The summed E-state index contributed by atoms with van der Waals surface area (Å²) in [6.45, 7) is 1.64. The topological polar surface area (TPSA) is 58.6 Å². The molecule has 2 N–H and O–H groups in total. The van der Waals surface area contributed by atoms with Crippen molar-refractivity contribution in [3.8, 4) is 5.75 Å². The second-order valence-corrected chi connectivity index (χ2v) is 5.00. The van der Waals surface area contributed by atoms with E-state index < -0.39 is 6.10 Å². The van der Waals surface area contributed by atoms with E-state index in [1.54, 1.807) is 49.4 Å². The Morgan fingerprint density at radius 2 is 2.00 bits per heavy atom. The Kier molecular flexibility index (Phi) is 4.83. The molecular weight excluding hydrogens is 290 g/mol. The second-order valence-electron chi connectivity index (χ2n) is 4.56. The number of anilines is 1. The highest BCUT2D eigenvalue weighted by molar-refractivity contribution is 6.31. The monoisotopic (exact) mass is 305 g/mol. The van der Waals surface area contributed by atoms with E-state index in [0.29, 0.717) is 27.6 Å². The third-order valence-electron chi connectivity index (χ3n) is 3.07. The minimum atomic E-state index is -0.678. The van der Waals surface area contributed by atoms with E-state index in [2.05, 4.69) is 5.32 Å². The first-order valence-electron chi connectivity index (χ1n) is 6.45. The molecule has 0 aliphatic carbocycles. The molecule has 0 fully saturated rings. The molecule has 2 aromatic rings. The molecule has 2 aromatic carbocycles. The molecule has 1 unspecified atom stereocenters. The van der Waals surface area contributed by atoms with Crippen LogP contribution in [0.1, 0.15) is 28.9 Å². The number of ether oxygens (including phenoxy) is 1. The number of nitrogens with one attached hydrogen (secondary N) is 1. The van der Waals surface area contributed by atoms with Crippen LogP contribution in [0.15, 0.2) is 42.5 Å². The molecule has 21 heavy (non-hydrogen) atoms. The van der Waals surface area contributed by atoms with E-state index in [1.807, 2.05) is 0 Å². The number of amides is 1. The smallest absolute Gasteiger partial charge is 0.259 e. The Morgan fingerprint density at radius 1 is 1.29 bits per heavy atom. The van der Waals surface area contributed by atoms with Crippen LogP contribution in [0.4, 0.5) is 5.69 Å². The van der Waals surface area contributed by atoms with Gasteiger partial charge in [0, 0.05) is 16.3 Å². The second kappa shape index (κ2) is 6.61. The number of hydrogen-bond acceptors (Lipinski definition) is 3. The summed E-state index contributed by atoms with van der Waals surface area (Å²) < 4.78 is 5.17. The summed E-state index contributed by atoms with van der Waals surface area (Å²) in [4.78, 5) is 12.4. The molecule has 0 aliphatic rings. The summed E-state index contributed by atoms with van der Waals surface area (Å²) in [6, 6.07) is 11.9. The minimum absolute atomic E-state index is 0.338. The van der Waals surface area contributed by atoms with Crippen LogP contribution >= 0.6 is 11.6 Å². The van der Waals surface area contributed by atoms with Gasteiger partial charge in [-0.05, 0) is 31.2 Å². The first-order chi connectivity index (χ1) is 10.0. The number of para-hydroxylation sites is 1. The van der Waals surface area contributed by atoms with Crippen LogP contribution in [0, 0.1) is 0 Å². The summed E-state index contributed by atoms with van der Waals surface area (Å²) in [5.74, 6) is 0.0916. The Labute approximate surface area is 128 Å². The standard InChI is InChI=1S/C16H16ClNO3/c1-10(19)12-5-3-4-6-14(12)18-16(20)13-9-11(17)7-8-15(13)21-2/h3-10,19H,1-2H3,(H,18,20). The Morgan fingerprint density at radius 3 is 2.67 bits per heavy atom. The summed E-state index contributed by atoms with van der Waals surface area (Å²) in [6.07, 6.45) is -0.678. The summed E-state index contributed by atoms with van der Waals surface area (Å²) in [5.41, 5.74) is 1.54. The van der Waals surface area contributed by atoms with Crippen LogP contribution in [-0.4, -0.2) is 18.1 Å². The lowest BCUT2D eigenvalue weighted by Gasteiger charge is -2.14. The number of carbonyl (C=O) groups excluding carboxylic acids is 1. The van der Waals surface area contributed by atoms with Crippen molar-refractivity contribution < 1.29 is 14.6 Å². The van der Waals surface area contributed by atoms with Gasteiger partial charge in [-0.1, -0.05) is 29.8 Å². The summed E-state index contributed by atoms with van der Waals surface area (Å²) in [5, 5.41) is 13.0. The molecule has 1 atom stereocenters. The largest absolute Gasteiger partial charge is 0.496 e. The number of halogens is 1. The highest BCUT2D eigenvalue weighted by Gasteiger charge is 2.15. The van der Waals surface area contributed by atoms with E-state index >= 15 is 0 Å². The van der Waals surface area contributed by atoms with Gasteiger partial charge in [-0.15, -0.1) is 0 Å². The highest BCUT2D eigenvalue weighted by Crippen LogP contribution is 2.26. The SMILES string of the molecule is COc1ccc(Cl)cc1C(=O)Nc1ccccc1C(C)O. The molecule has 5 heteroatoms. The van der Waals surface area contributed by atoms with Gasteiger partial charge in [-0.25, -0.2) is 0 Å². The zero-order valence-corrected chi connectivity index (χ0v) is 12.5. The fraction of sp³-hybridized carbons (Fsp3) is 0.188. The molecule has 0 saturated carbocycles. The number of methoxy groups -OCH3 is 1. The minimum Gasteiger partial charge on any atom is -0.496 e. The van der Waals surface area contributed by atoms with Gasteiger partial charge in [0.1, 0.15) is 5.75 Å². The first kappa shape index (κ1) is 15.4. The van der Waals surface area contributed by atoms with Crippen LogP contribution < -0.4 is 10.1 Å². The third-order valence-corrected chi connectivity index (χ3v) is 3.30. The zero-order valence-electron chi connectivity index (χ0n) is 11.8. The van der Waals surface area contributed by atoms with Crippen LogP contribution in [-0.2, 0) is 0 Å².